The molecule has 0 radical (unpaired) electrons. The first-order valence-corrected chi connectivity index (χ1v) is 3.85. The Bertz CT molecular complexity index is 316. The van der Waals surface area contributed by atoms with Crippen molar-refractivity contribution in [3.8, 4) is 0 Å². The molecule has 2 heterocycles. The van der Waals surface area contributed by atoms with E-state index < -0.39 is 0 Å². The molecule has 1 aromatic rings. The summed E-state index contributed by atoms with van der Waals surface area (Å²) in [6.07, 6.45) is 2.52. The van der Waals surface area contributed by atoms with Crippen LogP contribution in [0.1, 0.15) is 7.12 Å². The molecule has 12 heavy (non-hydrogen) atoms. The molecule has 0 unspecified atom stereocenters. The smallest absolute Gasteiger partial charge is 0.319 e. The lowest BCUT2D eigenvalue weighted by atomic mass is 10.2. The van der Waals surface area contributed by atoms with E-state index in [4.69, 9.17) is 0 Å². The fraction of sp³-hybridized carbons (Fsp3) is 0.250. The summed E-state index contributed by atoms with van der Waals surface area (Å²) in [6, 6.07) is 3.51. The molecule has 2 N–H and O–H groups in total. The molecule has 64 valence electrons. The number of hydrogen-bond donors (Lipinski definition) is 2. The van der Waals surface area contributed by atoms with E-state index in [2.05, 4.69) is 15.6 Å². The van der Waals surface area contributed by atoms with Crippen molar-refractivity contribution in [3.05, 3.63) is 24.0 Å². The standard InChI is InChI=1S/C8H9N3O.H2/c12-8-10-5-3-6-7(11-8)2-1-4-9-6;/h1-2,4H,3,5H2,(H2,10,11,12);1H. The van der Waals surface area contributed by atoms with Crippen LogP contribution in [0, 0.1) is 0 Å². The van der Waals surface area contributed by atoms with Crippen LogP contribution in [0.5, 0.6) is 0 Å². The van der Waals surface area contributed by atoms with E-state index in [9.17, 15) is 4.79 Å². The summed E-state index contributed by atoms with van der Waals surface area (Å²) in [5, 5.41) is 5.41. The lowest BCUT2D eigenvalue weighted by molar-refractivity contribution is 0.252. The van der Waals surface area contributed by atoms with E-state index in [1.165, 1.54) is 0 Å². The molecule has 0 saturated carbocycles. The van der Waals surface area contributed by atoms with Crippen molar-refractivity contribution >= 4 is 11.7 Å². The van der Waals surface area contributed by atoms with Crippen LogP contribution < -0.4 is 10.6 Å². The number of fused-ring (bicyclic) bond motifs is 1. The molecule has 4 nitrogen and oxygen atoms in total. The van der Waals surface area contributed by atoms with Gasteiger partial charge < -0.3 is 10.6 Å². The Morgan fingerprint density at radius 2 is 2.50 bits per heavy atom. The minimum absolute atomic E-state index is 0. The number of nitrogens with one attached hydrogen (secondary N) is 2. The number of anilines is 1. The summed E-state index contributed by atoms with van der Waals surface area (Å²) in [6.45, 7) is 0.649. The lowest BCUT2D eigenvalue weighted by Gasteiger charge is -2.02. The van der Waals surface area contributed by atoms with Crippen LogP contribution in [0.15, 0.2) is 18.3 Å². The number of urea groups is 1. The highest BCUT2D eigenvalue weighted by atomic mass is 16.2. The van der Waals surface area contributed by atoms with Gasteiger partial charge in [-0.1, -0.05) is 0 Å². The van der Waals surface area contributed by atoms with Gasteiger partial charge in [-0.25, -0.2) is 4.79 Å². The molecule has 1 aliphatic rings. The van der Waals surface area contributed by atoms with Gasteiger partial charge in [0.15, 0.2) is 0 Å². The average Bonchev–Trinajstić information content (AvgIpc) is 2.25. The topological polar surface area (TPSA) is 54.0 Å². The Hall–Kier alpha value is -1.58. The lowest BCUT2D eigenvalue weighted by Crippen LogP contribution is -2.27. The molecule has 1 aromatic heterocycles. The van der Waals surface area contributed by atoms with E-state index >= 15 is 0 Å². The first kappa shape index (κ1) is 7.09. The Balaban J connectivity index is 0.000000845. The van der Waals surface area contributed by atoms with Gasteiger partial charge >= 0.3 is 6.03 Å². The van der Waals surface area contributed by atoms with Crippen LogP contribution in [-0.4, -0.2) is 17.6 Å². The zero-order chi connectivity index (χ0) is 8.39. The van der Waals surface area contributed by atoms with Crippen molar-refractivity contribution in [2.75, 3.05) is 11.9 Å². The molecule has 2 rings (SSSR count). The van der Waals surface area contributed by atoms with Crippen LogP contribution in [0.25, 0.3) is 0 Å². The third-order valence-corrected chi connectivity index (χ3v) is 1.79. The highest BCUT2D eigenvalue weighted by Crippen LogP contribution is 2.13. The second kappa shape index (κ2) is 2.81. The molecule has 0 atom stereocenters. The van der Waals surface area contributed by atoms with Gasteiger partial charge in [0.2, 0.25) is 0 Å². The second-order valence-electron chi connectivity index (χ2n) is 2.63. The van der Waals surface area contributed by atoms with Crippen molar-refractivity contribution < 1.29 is 6.22 Å². The monoisotopic (exact) mass is 165 g/mol. The number of pyridine rings is 1. The number of nitrogens with zero attached hydrogens (tertiary/aromatic N) is 1. The zero-order valence-corrected chi connectivity index (χ0v) is 6.50. The number of hydrogen-bond acceptors (Lipinski definition) is 2. The van der Waals surface area contributed by atoms with Crippen molar-refractivity contribution in [2.45, 2.75) is 6.42 Å². The van der Waals surface area contributed by atoms with Gasteiger partial charge in [-0.2, -0.15) is 0 Å². The fourth-order valence-corrected chi connectivity index (χ4v) is 1.21. The van der Waals surface area contributed by atoms with Crippen LogP contribution in [0.4, 0.5) is 10.5 Å². The Kier molecular flexibility index (Phi) is 1.66. The molecular formula is C8H11N3O. The molecule has 0 bridgehead atoms. The Morgan fingerprint density at radius 1 is 1.58 bits per heavy atom. The quantitative estimate of drug-likeness (QED) is 0.602. The van der Waals surface area contributed by atoms with Gasteiger partial charge in [-0.3, -0.25) is 4.98 Å². The number of carbonyl (C=O) groups excluding carboxylic acids is 1. The van der Waals surface area contributed by atoms with Crippen LogP contribution >= 0.6 is 0 Å². The maximum Gasteiger partial charge on any atom is 0.319 e. The van der Waals surface area contributed by atoms with Crippen molar-refractivity contribution in [2.24, 2.45) is 0 Å². The summed E-state index contributed by atoms with van der Waals surface area (Å²) in [4.78, 5) is 15.2. The first-order valence-electron chi connectivity index (χ1n) is 3.85. The molecule has 0 spiro atoms. The molecule has 2 amide bonds. The zero-order valence-electron chi connectivity index (χ0n) is 6.50. The third kappa shape index (κ3) is 1.23. The summed E-state index contributed by atoms with van der Waals surface area (Å²) >= 11 is 0. The normalized spacial score (nSPS) is 15.5. The number of rotatable bonds is 0. The molecular weight excluding hydrogens is 154 g/mol. The SMILES string of the molecule is O=C1NCCc2ncccc2N1.[HH]. The average molecular weight is 165 g/mol. The van der Waals surface area contributed by atoms with E-state index in [0.29, 0.717) is 6.54 Å². The van der Waals surface area contributed by atoms with Crippen LogP contribution in [-0.2, 0) is 6.42 Å². The van der Waals surface area contributed by atoms with E-state index in [1.54, 1.807) is 6.20 Å². The summed E-state index contributed by atoms with van der Waals surface area (Å²) in [5.41, 5.74) is 1.75. The van der Waals surface area contributed by atoms with Crippen LogP contribution in [0.3, 0.4) is 0 Å². The molecule has 0 aliphatic carbocycles. The van der Waals surface area contributed by atoms with Crippen LogP contribution in [0.2, 0.25) is 0 Å². The highest BCUT2D eigenvalue weighted by molar-refractivity contribution is 5.90. The van der Waals surface area contributed by atoms with E-state index in [1.807, 2.05) is 12.1 Å². The molecule has 0 fully saturated rings. The predicted octanol–water partition coefficient (Wildman–Crippen LogP) is 1.01. The number of amides is 2. The molecule has 0 saturated heterocycles. The summed E-state index contributed by atoms with van der Waals surface area (Å²) in [5.74, 6) is 0. The first-order chi connectivity index (χ1) is 5.86. The van der Waals surface area contributed by atoms with E-state index in [-0.39, 0.29) is 7.46 Å². The van der Waals surface area contributed by atoms with Gasteiger partial charge in [-0.15, -0.1) is 0 Å². The number of aromatic nitrogens is 1. The minimum Gasteiger partial charge on any atom is -0.337 e. The molecule has 0 aromatic carbocycles. The Morgan fingerprint density at radius 3 is 3.42 bits per heavy atom. The van der Waals surface area contributed by atoms with Gasteiger partial charge in [0.05, 0.1) is 11.4 Å². The second-order valence-corrected chi connectivity index (χ2v) is 2.63. The molecule has 1 aliphatic heterocycles. The van der Waals surface area contributed by atoms with E-state index in [0.717, 1.165) is 17.8 Å². The Labute approximate surface area is 71.5 Å². The highest BCUT2D eigenvalue weighted by Gasteiger charge is 2.10. The fourth-order valence-electron chi connectivity index (χ4n) is 1.21. The summed E-state index contributed by atoms with van der Waals surface area (Å²) in [7, 11) is 0. The van der Waals surface area contributed by atoms with Gasteiger partial charge in [0, 0.05) is 20.6 Å². The van der Waals surface area contributed by atoms with Gasteiger partial charge in [0.25, 0.3) is 0 Å². The van der Waals surface area contributed by atoms with Crippen molar-refractivity contribution in [1.29, 1.82) is 0 Å². The number of carbonyl (C=O) groups is 1. The minimum atomic E-state index is -0.151. The van der Waals surface area contributed by atoms with Crippen molar-refractivity contribution in [1.82, 2.24) is 10.3 Å². The maximum absolute atomic E-state index is 11.0. The van der Waals surface area contributed by atoms with Gasteiger partial charge in [0.1, 0.15) is 0 Å². The summed E-state index contributed by atoms with van der Waals surface area (Å²) < 4.78 is 0. The van der Waals surface area contributed by atoms with Gasteiger partial charge in [-0.05, 0) is 12.1 Å². The maximum atomic E-state index is 11.0. The largest absolute Gasteiger partial charge is 0.337 e. The third-order valence-electron chi connectivity index (χ3n) is 1.79. The van der Waals surface area contributed by atoms with Crippen molar-refractivity contribution in [3.63, 3.8) is 0 Å². The predicted molar refractivity (Wildman–Crippen MR) is 47.1 cm³/mol. The molecule has 4 heteroatoms.